The van der Waals surface area contributed by atoms with Crippen molar-refractivity contribution in [3.05, 3.63) is 106 Å². The average Bonchev–Trinajstić information content (AvgIpc) is 3.15. The minimum absolute atomic E-state index is 0.00667. The van der Waals surface area contributed by atoms with Crippen LogP contribution >= 0.6 is 11.6 Å². The Kier molecular flexibility index (Phi) is 6.03. The van der Waals surface area contributed by atoms with Crippen molar-refractivity contribution >= 4 is 23.0 Å². The molecule has 2 aliphatic heterocycles. The highest BCUT2D eigenvalue weighted by atomic mass is 35.5. The van der Waals surface area contributed by atoms with Gasteiger partial charge in [0.1, 0.15) is 0 Å². The summed E-state index contributed by atoms with van der Waals surface area (Å²) in [5.41, 5.74) is 9.01. The third kappa shape index (κ3) is 3.60. The van der Waals surface area contributed by atoms with E-state index < -0.39 is 0 Å². The van der Waals surface area contributed by atoms with Crippen molar-refractivity contribution in [1.29, 1.82) is 0 Å². The van der Waals surface area contributed by atoms with Gasteiger partial charge in [-0.1, -0.05) is 93.9 Å². The zero-order valence-electron chi connectivity index (χ0n) is 22.8. The summed E-state index contributed by atoms with van der Waals surface area (Å²) >= 11 is 7.06. The molecule has 2 aromatic carbocycles. The van der Waals surface area contributed by atoms with Crippen molar-refractivity contribution in [3.8, 4) is 0 Å². The number of likely N-dealkylation sites (N-methyl/N-ethyl adjacent to an activating group) is 2. The lowest BCUT2D eigenvalue weighted by Crippen LogP contribution is -2.50. The van der Waals surface area contributed by atoms with Crippen LogP contribution in [-0.4, -0.2) is 19.6 Å². The zero-order valence-corrected chi connectivity index (χ0v) is 23.6. The Bertz CT molecular complexity index is 1320. The van der Waals surface area contributed by atoms with Crippen molar-refractivity contribution < 1.29 is 0 Å². The predicted octanol–water partition coefficient (Wildman–Crippen LogP) is 8.64. The van der Waals surface area contributed by atoms with E-state index in [1.165, 1.54) is 39.3 Å². The second-order valence-electron chi connectivity index (χ2n) is 11.8. The number of allylic oxidation sites excluding steroid dienone is 7. The molecule has 0 saturated carbocycles. The molecule has 3 heteroatoms. The molecule has 3 aliphatic rings. The van der Waals surface area contributed by atoms with Gasteiger partial charge >= 0.3 is 0 Å². The number of halogens is 1. The van der Waals surface area contributed by atoms with Crippen LogP contribution in [0.15, 0.2) is 94.7 Å². The Balaban J connectivity index is 1.46. The highest BCUT2D eigenvalue weighted by molar-refractivity contribution is 6.32. The molecular formula is C33H39ClN2. The number of benzene rings is 2. The molecule has 2 heterocycles. The third-order valence-electron chi connectivity index (χ3n) is 9.35. The van der Waals surface area contributed by atoms with Crippen LogP contribution in [-0.2, 0) is 10.8 Å². The fourth-order valence-electron chi connectivity index (χ4n) is 6.51. The van der Waals surface area contributed by atoms with Crippen LogP contribution in [0.25, 0.3) is 0 Å². The summed E-state index contributed by atoms with van der Waals surface area (Å²) in [4.78, 5) is 4.75. The Morgan fingerprint density at radius 2 is 1.44 bits per heavy atom. The normalized spacial score (nSPS) is 26.9. The van der Waals surface area contributed by atoms with Crippen molar-refractivity contribution in [2.75, 3.05) is 23.9 Å². The molecule has 0 saturated heterocycles. The van der Waals surface area contributed by atoms with Gasteiger partial charge in [0.25, 0.3) is 0 Å². The van der Waals surface area contributed by atoms with E-state index in [4.69, 9.17) is 11.6 Å². The van der Waals surface area contributed by atoms with Gasteiger partial charge in [0.2, 0.25) is 0 Å². The summed E-state index contributed by atoms with van der Waals surface area (Å²) in [7, 11) is 4.38. The summed E-state index contributed by atoms with van der Waals surface area (Å²) in [5.74, 6) is 0. The Labute approximate surface area is 222 Å². The van der Waals surface area contributed by atoms with E-state index in [0.717, 1.165) is 24.3 Å². The highest BCUT2D eigenvalue weighted by Crippen LogP contribution is 2.52. The number of para-hydroxylation sites is 2. The number of nitrogens with zero attached hydrogens (tertiary/aromatic N) is 2. The van der Waals surface area contributed by atoms with Gasteiger partial charge in [0.05, 0.1) is 5.54 Å². The smallest absolute Gasteiger partial charge is 0.0648 e. The van der Waals surface area contributed by atoms with Crippen molar-refractivity contribution in [3.63, 3.8) is 0 Å². The van der Waals surface area contributed by atoms with Gasteiger partial charge < -0.3 is 9.80 Å². The number of anilines is 2. The first kappa shape index (κ1) is 25.0. The van der Waals surface area contributed by atoms with Gasteiger partial charge in [-0.05, 0) is 66.7 Å². The van der Waals surface area contributed by atoms with Crippen molar-refractivity contribution in [2.45, 2.75) is 70.3 Å². The van der Waals surface area contributed by atoms with E-state index in [2.05, 4.69) is 131 Å². The first-order valence-corrected chi connectivity index (χ1v) is 13.5. The molecule has 1 unspecified atom stereocenters. The third-order valence-corrected chi connectivity index (χ3v) is 9.83. The molecule has 1 aliphatic carbocycles. The fraction of sp³-hybridized carbons (Fsp3) is 0.394. The second kappa shape index (κ2) is 8.70. The molecule has 188 valence electrons. The van der Waals surface area contributed by atoms with Crippen LogP contribution in [0.3, 0.4) is 0 Å². The van der Waals surface area contributed by atoms with Gasteiger partial charge in [-0.2, -0.15) is 0 Å². The first-order chi connectivity index (χ1) is 17.0. The van der Waals surface area contributed by atoms with E-state index in [0.29, 0.717) is 0 Å². The Morgan fingerprint density at radius 1 is 0.806 bits per heavy atom. The SMILES string of the molecule is CN1/C(=C\C=C2/CCCC(/C=C/C3(C)N(C)c4ccccc4C3(C)C)=C2Cl)C(C)(C)c2ccccc21. The quantitative estimate of drug-likeness (QED) is 0.417. The summed E-state index contributed by atoms with van der Waals surface area (Å²) in [6.45, 7) is 11.7. The van der Waals surface area contributed by atoms with E-state index in [9.17, 15) is 0 Å². The van der Waals surface area contributed by atoms with E-state index >= 15 is 0 Å². The van der Waals surface area contributed by atoms with E-state index in [1.54, 1.807) is 0 Å². The van der Waals surface area contributed by atoms with Gasteiger partial charge in [-0.25, -0.2) is 0 Å². The first-order valence-electron chi connectivity index (χ1n) is 13.2. The standard InChI is InChI=1S/C33H39ClN2/c1-31(2)25-15-8-10-17-27(25)35(6)29(31)20-19-23-13-12-14-24(30(23)34)21-22-33(5)32(3,4)26-16-9-11-18-28(26)36(33)7/h8-11,15-22H,12-14H2,1-7H3/b22-21+,23-19+,29-20-. The summed E-state index contributed by atoms with van der Waals surface area (Å²) in [5, 5.41) is 0.921. The molecule has 2 aromatic rings. The van der Waals surface area contributed by atoms with Crippen LogP contribution in [0.2, 0.25) is 0 Å². The topological polar surface area (TPSA) is 6.48 Å². The molecule has 1 atom stereocenters. The number of fused-ring (bicyclic) bond motifs is 2. The number of rotatable bonds is 3. The Morgan fingerprint density at radius 3 is 2.11 bits per heavy atom. The van der Waals surface area contributed by atoms with Crippen molar-refractivity contribution in [1.82, 2.24) is 0 Å². The van der Waals surface area contributed by atoms with Crippen LogP contribution in [0.1, 0.15) is 65.0 Å². The van der Waals surface area contributed by atoms with Gasteiger partial charge in [-0.15, -0.1) is 0 Å². The second-order valence-corrected chi connectivity index (χ2v) is 12.2. The number of hydrogen-bond donors (Lipinski definition) is 0. The zero-order chi connectivity index (χ0) is 25.9. The van der Waals surface area contributed by atoms with E-state index in [-0.39, 0.29) is 16.4 Å². The molecule has 0 N–H and O–H groups in total. The molecule has 0 radical (unpaired) electrons. The maximum absolute atomic E-state index is 7.06. The molecule has 0 spiro atoms. The van der Waals surface area contributed by atoms with Gasteiger partial charge in [0, 0.05) is 47.0 Å². The molecule has 0 fully saturated rings. The average molecular weight is 499 g/mol. The molecule has 36 heavy (non-hydrogen) atoms. The maximum atomic E-state index is 7.06. The molecule has 0 aromatic heterocycles. The summed E-state index contributed by atoms with van der Waals surface area (Å²) in [6, 6.07) is 17.5. The van der Waals surface area contributed by atoms with Crippen LogP contribution < -0.4 is 9.80 Å². The van der Waals surface area contributed by atoms with Crippen LogP contribution in [0.4, 0.5) is 11.4 Å². The minimum atomic E-state index is -0.132. The van der Waals surface area contributed by atoms with Crippen LogP contribution in [0, 0.1) is 0 Å². The summed E-state index contributed by atoms with van der Waals surface area (Å²) in [6.07, 6.45) is 12.4. The lowest BCUT2D eigenvalue weighted by atomic mass is 9.71. The molecule has 5 rings (SSSR count). The lowest BCUT2D eigenvalue weighted by molar-refractivity contribution is 0.361. The molecule has 0 bridgehead atoms. The van der Waals surface area contributed by atoms with E-state index in [1.807, 2.05) is 0 Å². The minimum Gasteiger partial charge on any atom is -0.365 e. The maximum Gasteiger partial charge on any atom is 0.0648 e. The van der Waals surface area contributed by atoms with Crippen molar-refractivity contribution in [2.24, 2.45) is 0 Å². The number of hydrogen-bond acceptors (Lipinski definition) is 2. The predicted molar refractivity (Wildman–Crippen MR) is 156 cm³/mol. The van der Waals surface area contributed by atoms with Gasteiger partial charge in [-0.3, -0.25) is 0 Å². The highest BCUT2D eigenvalue weighted by Gasteiger charge is 2.50. The fourth-order valence-corrected chi connectivity index (χ4v) is 6.82. The monoisotopic (exact) mass is 498 g/mol. The van der Waals surface area contributed by atoms with Crippen LogP contribution in [0.5, 0.6) is 0 Å². The van der Waals surface area contributed by atoms with Gasteiger partial charge in [0.15, 0.2) is 0 Å². The molecular weight excluding hydrogens is 460 g/mol. The molecule has 0 amide bonds. The lowest BCUT2D eigenvalue weighted by Gasteiger charge is -2.41. The molecule has 2 nitrogen and oxygen atoms in total. The summed E-state index contributed by atoms with van der Waals surface area (Å²) < 4.78 is 0. The Hall–Kier alpha value is -2.71. The largest absolute Gasteiger partial charge is 0.365 e.